The highest BCUT2D eigenvalue weighted by Gasteiger charge is 2.54. The molecule has 27 heavy (non-hydrogen) atoms. The van der Waals surface area contributed by atoms with Crippen LogP contribution < -0.4 is 5.32 Å². The van der Waals surface area contributed by atoms with Crippen molar-refractivity contribution in [2.45, 2.75) is 57.8 Å². The van der Waals surface area contributed by atoms with E-state index >= 15 is 0 Å². The number of carbonyl (C=O) groups is 2. The van der Waals surface area contributed by atoms with E-state index in [0.717, 1.165) is 74.2 Å². The van der Waals surface area contributed by atoms with Gasteiger partial charge in [-0.1, -0.05) is 12.1 Å². The normalized spacial score (nSPS) is 34.1. The fourth-order valence-electron chi connectivity index (χ4n) is 6.61. The highest BCUT2D eigenvalue weighted by atomic mass is 16.2. The Hall–Kier alpha value is -1.84. The van der Waals surface area contributed by atoms with Gasteiger partial charge in [0.2, 0.25) is 11.8 Å². The first-order chi connectivity index (χ1) is 13.1. The van der Waals surface area contributed by atoms with Crippen molar-refractivity contribution in [2.24, 2.45) is 23.2 Å². The maximum absolute atomic E-state index is 13.1. The molecule has 4 aliphatic carbocycles. The average Bonchev–Trinajstić information content (AvgIpc) is 3.17. The van der Waals surface area contributed by atoms with Crippen LogP contribution in [0.25, 0.3) is 0 Å². The molecule has 0 aromatic heterocycles. The van der Waals surface area contributed by atoms with Gasteiger partial charge in [-0.15, -0.1) is 0 Å². The van der Waals surface area contributed by atoms with Crippen molar-refractivity contribution in [3.05, 3.63) is 29.8 Å². The van der Waals surface area contributed by atoms with Crippen LogP contribution in [-0.2, 0) is 16.0 Å². The Kier molecular flexibility index (Phi) is 4.25. The molecule has 0 unspecified atom stereocenters. The van der Waals surface area contributed by atoms with E-state index < -0.39 is 0 Å². The van der Waals surface area contributed by atoms with Gasteiger partial charge in [-0.3, -0.25) is 9.59 Å². The minimum absolute atomic E-state index is 0.112. The van der Waals surface area contributed by atoms with Crippen molar-refractivity contribution in [1.82, 2.24) is 4.90 Å². The molecular formula is C23H30N2O2. The summed E-state index contributed by atoms with van der Waals surface area (Å²) in [6, 6.07) is 7.91. The molecular weight excluding hydrogens is 336 g/mol. The molecule has 6 rings (SSSR count). The number of hydrogen-bond acceptors (Lipinski definition) is 2. The SMILES string of the molecule is O=C(Cc1ccc(NC(=O)C23CC4CC(CC(C4)C2)C3)cc1)N1CCCC1. The summed E-state index contributed by atoms with van der Waals surface area (Å²) in [5, 5.41) is 3.20. The van der Waals surface area contributed by atoms with Gasteiger partial charge in [0.25, 0.3) is 0 Å². The molecule has 1 aliphatic heterocycles. The van der Waals surface area contributed by atoms with Gasteiger partial charge in [-0.2, -0.15) is 0 Å². The lowest BCUT2D eigenvalue weighted by Crippen LogP contribution is -2.51. The van der Waals surface area contributed by atoms with Gasteiger partial charge < -0.3 is 10.2 Å². The maximum Gasteiger partial charge on any atom is 0.230 e. The first-order valence-electron chi connectivity index (χ1n) is 10.8. The van der Waals surface area contributed by atoms with E-state index in [2.05, 4.69) is 5.32 Å². The summed E-state index contributed by atoms with van der Waals surface area (Å²) in [6.07, 6.45) is 10.0. The molecule has 4 heteroatoms. The third-order valence-electron chi connectivity index (χ3n) is 7.55. The fraction of sp³-hybridized carbons (Fsp3) is 0.652. The van der Waals surface area contributed by atoms with E-state index in [4.69, 9.17) is 0 Å². The maximum atomic E-state index is 13.1. The first-order valence-corrected chi connectivity index (χ1v) is 10.8. The summed E-state index contributed by atoms with van der Waals surface area (Å²) in [7, 11) is 0. The molecule has 5 fully saturated rings. The van der Waals surface area contributed by atoms with Crippen molar-refractivity contribution >= 4 is 17.5 Å². The smallest absolute Gasteiger partial charge is 0.230 e. The summed E-state index contributed by atoms with van der Waals surface area (Å²) >= 11 is 0. The first kappa shape index (κ1) is 17.3. The van der Waals surface area contributed by atoms with Gasteiger partial charge in [-0.25, -0.2) is 0 Å². The molecule has 1 aromatic rings. The molecule has 5 aliphatic rings. The van der Waals surface area contributed by atoms with E-state index in [9.17, 15) is 9.59 Å². The lowest BCUT2D eigenvalue weighted by Gasteiger charge is -2.55. The second-order valence-corrected chi connectivity index (χ2v) is 9.61. The summed E-state index contributed by atoms with van der Waals surface area (Å²) in [6.45, 7) is 1.80. The minimum atomic E-state index is -0.112. The molecule has 144 valence electrons. The Labute approximate surface area is 161 Å². The van der Waals surface area contributed by atoms with Crippen LogP contribution in [0.4, 0.5) is 5.69 Å². The van der Waals surface area contributed by atoms with Crippen LogP contribution >= 0.6 is 0 Å². The molecule has 4 nitrogen and oxygen atoms in total. The predicted octanol–water partition coefficient (Wildman–Crippen LogP) is 4.01. The van der Waals surface area contributed by atoms with Gasteiger partial charge in [-0.05, 0) is 86.8 Å². The van der Waals surface area contributed by atoms with Crippen LogP contribution in [0.2, 0.25) is 0 Å². The van der Waals surface area contributed by atoms with Crippen LogP contribution in [0.1, 0.15) is 56.9 Å². The zero-order valence-corrected chi connectivity index (χ0v) is 16.1. The Morgan fingerprint density at radius 1 is 0.926 bits per heavy atom. The Balaban J connectivity index is 1.22. The number of hydrogen-bond donors (Lipinski definition) is 1. The van der Waals surface area contributed by atoms with E-state index in [1.807, 2.05) is 29.2 Å². The standard InChI is InChI=1S/C23H30N2O2/c26-21(25-7-1-2-8-25)12-16-3-5-20(6-4-16)24-22(27)23-13-17-9-18(14-23)11-19(10-17)15-23/h3-6,17-19H,1-2,7-15H2,(H,24,27). The van der Waals surface area contributed by atoms with Gasteiger partial charge in [0.05, 0.1) is 11.8 Å². The second-order valence-electron chi connectivity index (χ2n) is 9.61. The van der Waals surface area contributed by atoms with Crippen LogP contribution in [0.3, 0.4) is 0 Å². The van der Waals surface area contributed by atoms with Crippen molar-refractivity contribution in [3.8, 4) is 0 Å². The number of likely N-dealkylation sites (tertiary alicyclic amines) is 1. The van der Waals surface area contributed by atoms with E-state index in [1.165, 1.54) is 19.3 Å². The van der Waals surface area contributed by atoms with Crippen LogP contribution in [-0.4, -0.2) is 29.8 Å². The van der Waals surface area contributed by atoms with Crippen molar-refractivity contribution < 1.29 is 9.59 Å². The fourth-order valence-corrected chi connectivity index (χ4v) is 6.61. The quantitative estimate of drug-likeness (QED) is 0.875. The Morgan fingerprint density at radius 2 is 1.48 bits per heavy atom. The van der Waals surface area contributed by atoms with Crippen molar-refractivity contribution in [3.63, 3.8) is 0 Å². The van der Waals surface area contributed by atoms with Gasteiger partial charge in [0.15, 0.2) is 0 Å². The summed E-state index contributed by atoms with van der Waals surface area (Å²) in [5.74, 6) is 2.79. The summed E-state index contributed by atoms with van der Waals surface area (Å²) in [5.41, 5.74) is 1.78. The number of amides is 2. The molecule has 2 amide bonds. The van der Waals surface area contributed by atoms with E-state index in [0.29, 0.717) is 6.42 Å². The lowest BCUT2D eigenvalue weighted by molar-refractivity contribution is -0.140. The molecule has 1 N–H and O–H groups in total. The third-order valence-corrected chi connectivity index (χ3v) is 7.55. The number of anilines is 1. The molecule has 4 saturated carbocycles. The highest BCUT2D eigenvalue weighted by Crippen LogP contribution is 2.60. The third kappa shape index (κ3) is 3.28. The van der Waals surface area contributed by atoms with Crippen LogP contribution in [0, 0.1) is 23.2 Å². The largest absolute Gasteiger partial charge is 0.342 e. The number of benzene rings is 1. The molecule has 1 aromatic carbocycles. The van der Waals surface area contributed by atoms with Gasteiger partial charge >= 0.3 is 0 Å². The summed E-state index contributed by atoms with van der Waals surface area (Å²) < 4.78 is 0. The van der Waals surface area contributed by atoms with Crippen LogP contribution in [0.15, 0.2) is 24.3 Å². The van der Waals surface area contributed by atoms with Crippen molar-refractivity contribution in [2.75, 3.05) is 18.4 Å². The Morgan fingerprint density at radius 3 is 2.04 bits per heavy atom. The topological polar surface area (TPSA) is 49.4 Å². The predicted molar refractivity (Wildman–Crippen MR) is 105 cm³/mol. The molecule has 0 spiro atoms. The van der Waals surface area contributed by atoms with E-state index in [1.54, 1.807) is 0 Å². The number of nitrogens with one attached hydrogen (secondary N) is 1. The monoisotopic (exact) mass is 366 g/mol. The molecule has 0 atom stereocenters. The summed E-state index contributed by atoms with van der Waals surface area (Å²) in [4.78, 5) is 27.4. The molecule has 4 bridgehead atoms. The number of carbonyl (C=O) groups excluding carboxylic acids is 2. The van der Waals surface area contributed by atoms with Crippen molar-refractivity contribution in [1.29, 1.82) is 0 Å². The van der Waals surface area contributed by atoms with Gasteiger partial charge in [0.1, 0.15) is 0 Å². The Bertz CT molecular complexity index is 698. The molecule has 0 radical (unpaired) electrons. The molecule has 1 heterocycles. The molecule has 1 saturated heterocycles. The lowest BCUT2D eigenvalue weighted by atomic mass is 9.49. The highest BCUT2D eigenvalue weighted by molar-refractivity contribution is 5.95. The average molecular weight is 367 g/mol. The van der Waals surface area contributed by atoms with Gasteiger partial charge in [0, 0.05) is 18.8 Å². The second kappa shape index (κ2) is 6.65. The zero-order chi connectivity index (χ0) is 18.4. The van der Waals surface area contributed by atoms with E-state index in [-0.39, 0.29) is 17.2 Å². The van der Waals surface area contributed by atoms with Crippen LogP contribution in [0.5, 0.6) is 0 Å². The zero-order valence-electron chi connectivity index (χ0n) is 16.1. The minimum Gasteiger partial charge on any atom is -0.342 e. The number of rotatable bonds is 4. The number of nitrogens with zero attached hydrogens (tertiary/aromatic N) is 1.